The van der Waals surface area contributed by atoms with Crippen molar-refractivity contribution in [2.75, 3.05) is 337 Å². The molecule has 111 heavy (non-hydrogen) atoms. The standard InChI is InChI=1S/C9H22N2.C7H18N2O2.2C7H16N2.C7H18N2.C6H11N3.C6H14N2O.C6H14N2.C6H16N2.C5H15N3.2C5H14N2.C4H12N2/c1-3-11(4-2)9-7-5-6-8-10;8-2-1-3-9(4-6-10)5-7-11;1-9-6-2-3-7(9)4-5-8;8-4-7-9-5-2-1-3-6-9;1-3-9(4-2)7-5-6-8;7-2-1-4-9-5-3-8-6-9;7-1-2-8-3-5-9-6-4-8;7-3-6-8-4-1-2-5-8;1-3-8(4-2)6-5-7;1-8(4-2-6)5-3-7;1-7(2)5-3-4-6;6-4-2-1-3-5-7;1-6(2)4-3-5/h3-10H2,1-2H3;10-11H,1-8H2;7H,2-6,8H2,1H3;1-8H2;3-8H2,1-2H3;3,5-6H,1-2,4,7H2;1-7H2;1-7H2;3-7H2,1-2H3;2-7H2,1H3;3-6H2,1-2H3;1-7H2;3-5H2,1-2H3. The lowest BCUT2D eigenvalue weighted by Gasteiger charge is -2.25. The second-order valence-electron chi connectivity index (χ2n) is 28.4. The van der Waals surface area contributed by atoms with Gasteiger partial charge >= 0.3 is 0 Å². The van der Waals surface area contributed by atoms with Crippen molar-refractivity contribution < 1.29 is 14.9 Å². The minimum Gasteiger partial charge on any atom is -0.395 e. The molecule has 0 aromatic carbocycles. The SMILES string of the molecule is CCN(CC)CCCCCN.CCN(CC)CCCN.CCN(CC)CCN.CN(C)CCCN.CN(C)CCN.CN(CCN)CCN.CN1CCCC1CCN.NCCCCCN.NCCCN(CCO)CCO.NCCCn1ccnc1.NCCN1CCCC1.NCCN1CCCCC1.NCCN1CCOCC1. The van der Waals surface area contributed by atoms with Crippen LogP contribution in [0, 0.1) is 0 Å². The quantitative estimate of drug-likeness (QED) is 0.0375. The number of unbranched alkanes of at least 4 members (excludes halogenated alkanes) is 4. The van der Waals surface area contributed by atoms with Crippen molar-refractivity contribution in [3.63, 3.8) is 0 Å². The molecule has 1 aromatic rings. The average Bonchev–Trinajstić information content (AvgIpc) is 1.69. The number of likely N-dealkylation sites (tertiary alicyclic amines) is 3. The lowest BCUT2D eigenvalue weighted by molar-refractivity contribution is 0.0394. The summed E-state index contributed by atoms with van der Waals surface area (Å²) in [7, 11) is 12.3. The van der Waals surface area contributed by atoms with Crippen molar-refractivity contribution in [3.05, 3.63) is 18.7 Å². The maximum Gasteiger partial charge on any atom is 0.0945 e. The van der Waals surface area contributed by atoms with Crippen LogP contribution in [0.3, 0.4) is 0 Å². The van der Waals surface area contributed by atoms with Crippen LogP contribution in [0.2, 0.25) is 0 Å². The average molecular weight is 1600 g/mol. The predicted octanol–water partition coefficient (Wildman–Crippen LogP) is -0.233. The third-order valence-electron chi connectivity index (χ3n) is 18.3. The number of hydrogen-bond acceptors (Lipinski definition) is 30. The molecule has 5 rings (SSSR count). The largest absolute Gasteiger partial charge is 0.395 e. The molecule has 1 unspecified atom stereocenters. The van der Waals surface area contributed by atoms with Crippen molar-refractivity contribution in [1.82, 2.24) is 63.5 Å². The monoisotopic (exact) mass is 1600 g/mol. The van der Waals surface area contributed by atoms with Gasteiger partial charge in [-0.2, -0.15) is 0 Å². The molecule has 4 saturated heterocycles. The number of ether oxygens (including phenoxy) is 1. The predicted molar refractivity (Wildman–Crippen MR) is 486 cm³/mol. The Morgan fingerprint density at radius 3 is 1.03 bits per heavy atom. The zero-order chi connectivity index (χ0) is 85.3. The number of aliphatic hydroxyl groups excluding tert-OH is 2. The fraction of sp³-hybridized carbons (Fsp3) is 0.963. The maximum atomic E-state index is 8.61. The molecule has 0 spiro atoms. The number of piperidine rings is 1. The molecule has 32 N–H and O–H groups in total. The van der Waals surface area contributed by atoms with Gasteiger partial charge in [0.1, 0.15) is 0 Å². The maximum absolute atomic E-state index is 8.61. The first kappa shape index (κ1) is 125. The molecule has 0 amide bonds. The molecule has 31 nitrogen and oxygen atoms in total. The summed E-state index contributed by atoms with van der Waals surface area (Å²) < 4.78 is 7.18. The first-order valence-electron chi connectivity index (χ1n) is 43.7. The summed E-state index contributed by atoms with van der Waals surface area (Å²) in [5.41, 5.74) is 79.8. The van der Waals surface area contributed by atoms with E-state index in [0.29, 0.717) is 19.6 Å². The molecule has 1 aromatic heterocycles. The fourth-order valence-corrected chi connectivity index (χ4v) is 11.2. The van der Waals surface area contributed by atoms with Crippen LogP contribution in [0.15, 0.2) is 18.7 Å². The smallest absolute Gasteiger partial charge is 0.0945 e. The molecular formula is C80H200N28O3. The van der Waals surface area contributed by atoms with Crippen molar-refractivity contribution in [3.8, 4) is 0 Å². The van der Waals surface area contributed by atoms with E-state index in [9.17, 15) is 0 Å². The minimum absolute atomic E-state index is 0.143. The molecule has 4 fully saturated rings. The fourth-order valence-electron chi connectivity index (χ4n) is 11.2. The minimum atomic E-state index is 0.143. The number of aromatic nitrogens is 2. The van der Waals surface area contributed by atoms with Gasteiger partial charge in [-0.3, -0.25) is 9.80 Å². The number of nitrogens with two attached hydrogens (primary N) is 15. The Kier molecular flexibility index (Phi) is 124. The van der Waals surface area contributed by atoms with Crippen LogP contribution in [-0.2, 0) is 11.3 Å². The Labute approximate surface area is 686 Å². The van der Waals surface area contributed by atoms with Gasteiger partial charge in [-0.1, -0.05) is 60.8 Å². The van der Waals surface area contributed by atoms with Crippen LogP contribution in [-0.4, -0.2) is 417 Å². The van der Waals surface area contributed by atoms with Crippen molar-refractivity contribution in [2.45, 2.75) is 170 Å². The van der Waals surface area contributed by atoms with Gasteiger partial charge in [0.2, 0.25) is 0 Å². The summed E-state index contributed by atoms with van der Waals surface area (Å²) >= 11 is 0. The summed E-state index contributed by atoms with van der Waals surface area (Å²) in [5, 5.41) is 17.2. The van der Waals surface area contributed by atoms with Crippen LogP contribution in [0.5, 0.6) is 0 Å². The Bertz CT molecular complexity index is 1610. The van der Waals surface area contributed by atoms with Gasteiger partial charge in [0.05, 0.1) is 32.8 Å². The Morgan fingerprint density at radius 2 is 0.721 bits per heavy atom. The van der Waals surface area contributed by atoms with Crippen molar-refractivity contribution in [1.29, 1.82) is 0 Å². The first-order chi connectivity index (χ1) is 53.7. The highest BCUT2D eigenvalue weighted by Gasteiger charge is 2.19. The Morgan fingerprint density at radius 1 is 0.351 bits per heavy atom. The number of aliphatic hydroxyl groups is 2. The van der Waals surface area contributed by atoms with Gasteiger partial charge in [-0.05, 0) is 289 Å². The molecule has 0 radical (unpaired) electrons. The van der Waals surface area contributed by atoms with Crippen LogP contribution in [0.25, 0.3) is 0 Å². The highest BCUT2D eigenvalue weighted by molar-refractivity contribution is 4.76. The second kappa shape index (κ2) is 110. The lowest BCUT2D eigenvalue weighted by atomic mass is 10.1. The van der Waals surface area contributed by atoms with Crippen LogP contribution in [0.1, 0.15) is 157 Å². The van der Waals surface area contributed by atoms with E-state index in [0.717, 1.165) is 261 Å². The molecule has 5 heterocycles. The summed E-state index contributed by atoms with van der Waals surface area (Å²) in [5.74, 6) is 0. The molecule has 1 atom stereocenters. The number of aryl methyl sites for hydroxylation is 1. The zero-order valence-corrected chi connectivity index (χ0v) is 75.3. The van der Waals surface area contributed by atoms with Crippen molar-refractivity contribution in [2.24, 2.45) is 86.0 Å². The summed E-state index contributed by atoms with van der Waals surface area (Å²) in [6, 6.07) is 0.787. The number of morpholine rings is 1. The van der Waals surface area contributed by atoms with Gasteiger partial charge < -0.3 is 150 Å². The summed E-state index contributed by atoms with van der Waals surface area (Å²) in [4.78, 5) is 28.9. The van der Waals surface area contributed by atoms with Gasteiger partial charge in [-0.25, -0.2) is 4.98 Å². The summed E-state index contributed by atoms with van der Waals surface area (Å²) in [6.45, 7) is 55.9. The van der Waals surface area contributed by atoms with E-state index in [1.807, 2.05) is 36.8 Å². The third kappa shape index (κ3) is 108. The van der Waals surface area contributed by atoms with Gasteiger partial charge in [-0.15, -0.1) is 0 Å². The van der Waals surface area contributed by atoms with E-state index in [4.69, 9.17) is 101 Å². The molecule has 0 aliphatic carbocycles. The lowest BCUT2D eigenvalue weighted by Crippen LogP contribution is -2.39. The number of rotatable bonds is 47. The molecule has 0 saturated carbocycles. The van der Waals surface area contributed by atoms with E-state index in [-0.39, 0.29) is 13.2 Å². The zero-order valence-electron chi connectivity index (χ0n) is 75.3. The van der Waals surface area contributed by atoms with Crippen molar-refractivity contribution >= 4 is 0 Å². The molecule has 31 heteroatoms. The molecule has 678 valence electrons. The molecule has 4 aliphatic heterocycles. The number of hydrogen-bond donors (Lipinski definition) is 17. The molecule has 4 aliphatic rings. The third-order valence-corrected chi connectivity index (χ3v) is 18.3. The number of nitrogens with zero attached hydrogens (tertiary/aromatic N) is 13. The van der Waals surface area contributed by atoms with E-state index < -0.39 is 0 Å². The molecular weight excluding hydrogens is 1400 g/mol. The van der Waals surface area contributed by atoms with Crippen LogP contribution in [0.4, 0.5) is 0 Å². The van der Waals surface area contributed by atoms with Gasteiger partial charge in [0.25, 0.3) is 0 Å². The topological polar surface area (TPSA) is 493 Å². The Balaban J connectivity index is -0.000000173. The summed E-state index contributed by atoms with van der Waals surface area (Å²) in [6.07, 6.45) is 27.7. The van der Waals surface area contributed by atoms with Gasteiger partial charge in [0, 0.05) is 143 Å². The van der Waals surface area contributed by atoms with Crippen LogP contribution >= 0.6 is 0 Å². The van der Waals surface area contributed by atoms with Crippen LogP contribution < -0.4 is 86.0 Å². The number of likely N-dealkylation sites (N-methyl/N-ethyl adjacent to an activating group) is 3. The highest BCUT2D eigenvalue weighted by Crippen LogP contribution is 2.16. The van der Waals surface area contributed by atoms with E-state index in [2.05, 4.69) is 117 Å². The van der Waals surface area contributed by atoms with E-state index >= 15 is 0 Å². The Hall–Kier alpha value is -1.95. The first-order valence-corrected chi connectivity index (χ1v) is 43.7. The van der Waals surface area contributed by atoms with Gasteiger partial charge in [0.15, 0.2) is 0 Å². The number of imidazole rings is 1. The highest BCUT2D eigenvalue weighted by atomic mass is 16.5. The molecule has 0 bridgehead atoms. The normalized spacial score (nSPS) is 14.7. The van der Waals surface area contributed by atoms with E-state index in [1.54, 1.807) is 12.5 Å². The van der Waals surface area contributed by atoms with E-state index in [1.165, 1.54) is 129 Å². The second-order valence-corrected chi connectivity index (χ2v) is 28.4.